The minimum absolute atomic E-state index is 0.0201. The van der Waals surface area contributed by atoms with Crippen LogP contribution in [0.5, 0.6) is 0 Å². The zero-order valence-corrected chi connectivity index (χ0v) is 13.1. The smallest absolute Gasteiger partial charge is 0.251 e. The van der Waals surface area contributed by atoms with E-state index in [0.29, 0.717) is 6.54 Å². The minimum Gasteiger partial charge on any atom is -0.396 e. The van der Waals surface area contributed by atoms with E-state index in [1.807, 2.05) is 0 Å². The number of sulfonamides is 1. The number of rotatable bonds is 6. The van der Waals surface area contributed by atoms with E-state index in [1.165, 1.54) is 12.1 Å². The normalized spacial score (nSPS) is 11.3. The molecule has 112 valence electrons. The Labute approximate surface area is 127 Å². The van der Waals surface area contributed by atoms with Crippen LogP contribution in [0.2, 0.25) is 10.0 Å². The Bertz CT molecular complexity index is 582. The molecule has 1 aromatic carbocycles. The van der Waals surface area contributed by atoms with E-state index in [2.05, 4.69) is 10.0 Å². The molecule has 4 N–H and O–H groups in total. The molecule has 1 rings (SSSR count). The van der Waals surface area contributed by atoms with Gasteiger partial charge in [0.05, 0.1) is 21.5 Å². The predicted octanol–water partition coefficient (Wildman–Crippen LogP) is 1.24. The van der Waals surface area contributed by atoms with E-state index < -0.39 is 15.9 Å². The summed E-state index contributed by atoms with van der Waals surface area (Å²) in [6, 6.07) is 2.74. The van der Waals surface area contributed by atoms with E-state index >= 15 is 0 Å². The van der Waals surface area contributed by atoms with Gasteiger partial charge >= 0.3 is 0 Å². The number of nitrogen functional groups attached to an aromatic ring is 1. The van der Waals surface area contributed by atoms with Crippen molar-refractivity contribution in [1.29, 1.82) is 0 Å². The van der Waals surface area contributed by atoms with Crippen molar-refractivity contribution in [1.82, 2.24) is 10.0 Å². The van der Waals surface area contributed by atoms with Gasteiger partial charge in [-0.25, -0.2) is 13.1 Å². The molecule has 0 aromatic heterocycles. The fraction of sp³-hybridized carbons (Fsp3) is 0.364. The lowest BCUT2D eigenvalue weighted by Gasteiger charge is -2.08. The summed E-state index contributed by atoms with van der Waals surface area (Å²) in [7, 11) is -3.37. The summed E-state index contributed by atoms with van der Waals surface area (Å²) in [5, 5.41) is 2.81. The average molecular weight is 340 g/mol. The maximum atomic E-state index is 11.8. The van der Waals surface area contributed by atoms with Gasteiger partial charge in [-0.2, -0.15) is 0 Å². The molecule has 0 saturated carbocycles. The highest BCUT2D eigenvalue weighted by atomic mass is 35.5. The molecular formula is C11H15Cl2N3O3S. The highest BCUT2D eigenvalue weighted by molar-refractivity contribution is 7.89. The lowest BCUT2D eigenvalue weighted by Crippen LogP contribution is -2.34. The quantitative estimate of drug-likeness (QED) is 0.678. The van der Waals surface area contributed by atoms with Crippen molar-refractivity contribution in [2.24, 2.45) is 0 Å². The van der Waals surface area contributed by atoms with Gasteiger partial charge < -0.3 is 11.1 Å². The minimum atomic E-state index is -3.37. The summed E-state index contributed by atoms with van der Waals surface area (Å²) >= 11 is 11.6. The van der Waals surface area contributed by atoms with Gasteiger partial charge in [-0.15, -0.1) is 0 Å². The second-order valence-corrected chi connectivity index (χ2v) is 6.67. The second-order valence-electron chi connectivity index (χ2n) is 3.93. The third-order valence-corrected chi connectivity index (χ3v) is 4.46. The lowest BCUT2D eigenvalue weighted by atomic mass is 10.2. The molecule has 1 amide bonds. The van der Waals surface area contributed by atoms with Gasteiger partial charge in [0.1, 0.15) is 0 Å². The lowest BCUT2D eigenvalue weighted by molar-refractivity contribution is 0.0956. The maximum Gasteiger partial charge on any atom is 0.251 e. The summed E-state index contributed by atoms with van der Waals surface area (Å²) in [6.45, 7) is 1.96. The largest absolute Gasteiger partial charge is 0.396 e. The molecule has 0 aliphatic heterocycles. The van der Waals surface area contributed by atoms with E-state index in [-0.39, 0.29) is 33.6 Å². The summed E-state index contributed by atoms with van der Waals surface area (Å²) in [6.07, 6.45) is 0. The number of hydrogen-bond acceptors (Lipinski definition) is 4. The van der Waals surface area contributed by atoms with Crippen molar-refractivity contribution in [2.75, 3.05) is 24.6 Å². The second kappa shape index (κ2) is 7.12. The van der Waals surface area contributed by atoms with Gasteiger partial charge in [-0.05, 0) is 12.1 Å². The van der Waals surface area contributed by atoms with E-state index in [1.54, 1.807) is 6.92 Å². The average Bonchev–Trinajstić information content (AvgIpc) is 2.34. The Morgan fingerprint density at radius 3 is 2.35 bits per heavy atom. The summed E-state index contributed by atoms with van der Waals surface area (Å²) in [5.41, 5.74) is 5.97. The maximum absolute atomic E-state index is 11.8. The van der Waals surface area contributed by atoms with Crippen molar-refractivity contribution < 1.29 is 13.2 Å². The Morgan fingerprint density at radius 2 is 1.85 bits per heavy atom. The Hall–Kier alpha value is -1.02. The van der Waals surface area contributed by atoms with Crippen LogP contribution in [0.3, 0.4) is 0 Å². The van der Waals surface area contributed by atoms with Crippen LogP contribution in [0.15, 0.2) is 12.1 Å². The van der Waals surface area contributed by atoms with Crippen molar-refractivity contribution in [3.63, 3.8) is 0 Å². The predicted molar refractivity (Wildman–Crippen MR) is 80.7 cm³/mol. The van der Waals surface area contributed by atoms with Crippen LogP contribution < -0.4 is 15.8 Å². The third-order valence-electron chi connectivity index (χ3n) is 2.36. The standard InChI is InChI=1S/C11H15Cl2N3O3S/c1-2-16-20(18,19)4-3-15-11(17)7-5-8(12)10(14)9(13)6-7/h5-6,16H,2-4,14H2,1H3,(H,15,17). The molecule has 0 aliphatic rings. The van der Waals surface area contributed by atoms with Crippen LogP contribution in [-0.4, -0.2) is 33.2 Å². The number of carbonyl (C=O) groups is 1. The molecule has 0 aliphatic carbocycles. The first-order valence-electron chi connectivity index (χ1n) is 5.77. The number of halogens is 2. The van der Waals surface area contributed by atoms with E-state index in [9.17, 15) is 13.2 Å². The number of hydrogen-bond donors (Lipinski definition) is 3. The molecule has 0 saturated heterocycles. The number of benzene rings is 1. The highest BCUT2D eigenvalue weighted by Gasteiger charge is 2.13. The molecule has 20 heavy (non-hydrogen) atoms. The molecule has 9 heteroatoms. The fourth-order valence-electron chi connectivity index (χ4n) is 1.41. The third kappa shape index (κ3) is 4.82. The first-order valence-corrected chi connectivity index (χ1v) is 8.17. The number of carbonyl (C=O) groups excluding carboxylic acids is 1. The molecule has 0 radical (unpaired) electrons. The van der Waals surface area contributed by atoms with Crippen LogP contribution >= 0.6 is 23.2 Å². The van der Waals surface area contributed by atoms with Crippen LogP contribution in [0.1, 0.15) is 17.3 Å². The summed E-state index contributed by atoms with van der Waals surface area (Å²) in [4.78, 5) is 11.8. The molecule has 0 fully saturated rings. The zero-order chi connectivity index (χ0) is 15.3. The summed E-state index contributed by atoms with van der Waals surface area (Å²) < 4.78 is 25.1. The molecule has 0 atom stereocenters. The van der Waals surface area contributed by atoms with Crippen molar-refractivity contribution in [3.05, 3.63) is 27.7 Å². The highest BCUT2D eigenvalue weighted by Crippen LogP contribution is 2.28. The van der Waals surface area contributed by atoms with Crippen LogP contribution in [0.4, 0.5) is 5.69 Å². The van der Waals surface area contributed by atoms with Crippen LogP contribution in [0.25, 0.3) is 0 Å². The molecular weight excluding hydrogens is 325 g/mol. The fourth-order valence-corrected chi connectivity index (χ4v) is 2.85. The Morgan fingerprint density at radius 1 is 1.30 bits per heavy atom. The Kier molecular flexibility index (Phi) is 6.07. The van der Waals surface area contributed by atoms with Crippen molar-refractivity contribution in [2.45, 2.75) is 6.92 Å². The SMILES string of the molecule is CCNS(=O)(=O)CCNC(=O)c1cc(Cl)c(N)c(Cl)c1. The molecule has 6 nitrogen and oxygen atoms in total. The molecule has 0 bridgehead atoms. The molecule has 0 spiro atoms. The molecule has 0 heterocycles. The first kappa shape index (κ1) is 17.0. The number of nitrogens with one attached hydrogen (secondary N) is 2. The summed E-state index contributed by atoms with van der Waals surface area (Å²) in [5.74, 6) is -0.677. The Balaban J connectivity index is 2.65. The number of anilines is 1. The van der Waals surface area contributed by atoms with Gasteiger partial charge in [-0.1, -0.05) is 30.1 Å². The van der Waals surface area contributed by atoms with Crippen LogP contribution in [0, 0.1) is 0 Å². The monoisotopic (exact) mass is 339 g/mol. The first-order chi connectivity index (χ1) is 9.26. The topological polar surface area (TPSA) is 101 Å². The van der Waals surface area contributed by atoms with E-state index in [0.717, 1.165) is 0 Å². The van der Waals surface area contributed by atoms with Crippen molar-refractivity contribution in [3.8, 4) is 0 Å². The van der Waals surface area contributed by atoms with Gasteiger partial charge in [0.25, 0.3) is 5.91 Å². The molecule has 0 unspecified atom stereocenters. The van der Waals surface area contributed by atoms with Crippen LogP contribution in [-0.2, 0) is 10.0 Å². The van der Waals surface area contributed by atoms with E-state index in [4.69, 9.17) is 28.9 Å². The number of amides is 1. The number of nitrogens with two attached hydrogens (primary N) is 1. The zero-order valence-electron chi connectivity index (χ0n) is 10.7. The van der Waals surface area contributed by atoms with Crippen molar-refractivity contribution >= 4 is 44.8 Å². The van der Waals surface area contributed by atoms with Gasteiger partial charge in [-0.3, -0.25) is 4.79 Å². The van der Waals surface area contributed by atoms with Gasteiger partial charge in [0.15, 0.2) is 0 Å². The van der Waals surface area contributed by atoms with Gasteiger partial charge in [0, 0.05) is 18.7 Å². The molecule has 1 aromatic rings. The van der Waals surface area contributed by atoms with Gasteiger partial charge in [0.2, 0.25) is 10.0 Å².